The first-order valence-electron chi connectivity index (χ1n) is 11.2. The largest absolute Gasteiger partial charge is 0.416 e. The molecular weight excluding hydrogens is 445 g/mol. The molecule has 2 atom stereocenters. The van der Waals surface area contributed by atoms with E-state index in [1.165, 1.54) is 16.7 Å². The third-order valence-corrected chi connectivity index (χ3v) is 6.47. The first kappa shape index (κ1) is 23.5. The summed E-state index contributed by atoms with van der Waals surface area (Å²) in [5, 5.41) is 9.34. The molecule has 1 aliphatic heterocycles. The number of hydrogen-bond donors (Lipinski definition) is 0. The van der Waals surface area contributed by atoms with Crippen LogP contribution in [0.2, 0.25) is 0 Å². The maximum Gasteiger partial charge on any atom is 0.416 e. The highest BCUT2D eigenvalue weighted by atomic mass is 19.4. The zero-order chi connectivity index (χ0) is 24.6. The van der Waals surface area contributed by atoms with Gasteiger partial charge in [-0.3, -0.25) is 4.57 Å². The number of benzene rings is 1. The summed E-state index contributed by atoms with van der Waals surface area (Å²) in [6, 6.07) is 10.5. The molecule has 2 aromatic heterocycles. The highest BCUT2D eigenvalue weighted by Crippen LogP contribution is 2.35. The highest BCUT2D eigenvalue weighted by Gasteiger charge is 2.36. The van der Waals surface area contributed by atoms with Crippen LogP contribution in [-0.4, -0.2) is 39.7 Å². The predicted octanol–water partition coefficient (Wildman–Crippen LogP) is 4.10. The van der Waals surface area contributed by atoms with Gasteiger partial charge in [0.25, 0.3) is 0 Å². The van der Waals surface area contributed by atoms with Crippen molar-refractivity contribution in [2.24, 2.45) is 7.05 Å². The number of nitrogens with zero attached hydrogens (tertiary/aromatic N) is 6. The van der Waals surface area contributed by atoms with Gasteiger partial charge in [-0.2, -0.15) is 23.4 Å². The SMILES string of the molecule is CC[C@@H]1CN(c2nc(=O)n(C)c3ccc(C#N)nc23)[C@@H](CC)CN1c1cccc(C(F)(F)F)c1. The van der Waals surface area contributed by atoms with Gasteiger partial charge in [-0.05, 0) is 43.2 Å². The van der Waals surface area contributed by atoms with Crippen molar-refractivity contribution in [2.75, 3.05) is 22.9 Å². The zero-order valence-corrected chi connectivity index (χ0v) is 19.2. The van der Waals surface area contributed by atoms with Crippen molar-refractivity contribution in [3.63, 3.8) is 0 Å². The third kappa shape index (κ3) is 4.18. The molecule has 3 heterocycles. The molecule has 1 saturated heterocycles. The van der Waals surface area contributed by atoms with E-state index in [2.05, 4.69) is 9.97 Å². The van der Waals surface area contributed by atoms with E-state index in [-0.39, 0.29) is 17.8 Å². The maximum atomic E-state index is 13.3. The number of rotatable bonds is 4. The van der Waals surface area contributed by atoms with E-state index >= 15 is 0 Å². The van der Waals surface area contributed by atoms with Gasteiger partial charge < -0.3 is 9.80 Å². The molecule has 0 aliphatic carbocycles. The Hall–Kier alpha value is -3.61. The Morgan fingerprint density at radius 3 is 2.38 bits per heavy atom. The van der Waals surface area contributed by atoms with E-state index in [0.717, 1.165) is 6.07 Å². The predicted molar refractivity (Wildman–Crippen MR) is 124 cm³/mol. The third-order valence-electron chi connectivity index (χ3n) is 6.47. The van der Waals surface area contributed by atoms with Gasteiger partial charge in [0.15, 0.2) is 5.82 Å². The number of aromatic nitrogens is 3. The second-order valence-electron chi connectivity index (χ2n) is 8.43. The first-order valence-corrected chi connectivity index (χ1v) is 11.2. The minimum atomic E-state index is -4.42. The number of pyridine rings is 1. The second-order valence-corrected chi connectivity index (χ2v) is 8.43. The van der Waals surface area contributed by atoms with Crippen molar-refractivity contribution < 1.29 is 13.2 Å². The molecule has 0 radical (unpaired) electrons. The summed E-state index contributed by atoms with van der Waals surface area (Å²) in [5.41, 5.74) is 0.655. The van der Waals surface area contributed by atoms with Crippen molar-refractivity contribution in [2.45, 2.75) is 44.9 Å². The number of hydrogen-bond acceptors (Lipinski definition) is 6. The highest BCUT2D eigenvalue weighted by molar-refractivity contribution is 5.86. The molecule has 0 unspecified atom stereocenters. The molecule has 1 fully saturated rings. The molecule has 178 valence electrons. The Balaban J connectivity index is 1.79. The summed E-state index contributed by atoms with van der Waals surface area (Å²) in [4.78, 5) is 25.4. The standard InChI is InChI=1S/C24H25F3N6O/c1-4-17-14-33(22-21-20(31(3)23(34)30-22)10-9-16(12-28)29-21)18(5-2)13-32(17)19-8-6-7-15(11-19)24(25,26)27/h6-11,17-18H,4-5,13-14H2,1-3H3/t17-,18+/m1/s1. The summed E-state index contributed by atoms with van der Waals surface area (Å²) in [6.07, 6.45) is -3.05. The molecule has 0 bridgehead atoms. The molecule has 4 rings (SSSR count). The molecular formula is C24H25F3N6O. The summed E-state index contributed by atoms with van der Waals surface area (Å²) in [5.74, 6) is 0.407. The van der Waals surface area contributed by atoms with Crippen molar-refractivity contribution in [3.05, 3.63) is 58.1 Å². The van der Waals surface area contributed by atoms with Crippen LogP contribution >= 0.6 is 0 Å². The van der Waals surface area contributed by atoms with Crippen LogP contribution in [0.3, 0.4) is 0 Å². The molecule has 0 N–H and O–H groups in total. The number of fused-ring (bicyclic) bond motifs is 1. The fourth-order valence-corrected chi connectivity index (χ4v) is 4.56. The minimum absolute atomic E-state index is 0.105. The quantitative estimate of drug-likeness (QED) is 0.571. The lowest BCUT2D eigenvalue weighted by Crippen LogP contribution is -2.59. The second kappa shape index (κ2) is 8.97. The normalized spacial score (nSPS) is 18.9. The molecule has 0 saturated carbocycles. The lowest BCUT2D eigenvalue weighted by molar-refractivity contribution is -0.137. The molecule has 1 aliphatic rings. The topological polar surface area (TPSA) is 78.0 Å². The number of alkyl halides is 3. The molecule has 7 nitrogen and oxygen atoms in total. The summed E-state index contributed by atoms with van der Waals surface area (Å²) in [6.45, 7) is 4.90. The number of halogens is 3. The number of anilines is 2. The summed E-state index contributed by atoms with van der Waals surface area (Å²) < 4.78 is 41.4. The number of nitriles is 1. The Morgan fingerprint density at radius 1 is 1.06 bits per heavy atom. The van der Waals surface area contributed by atoms with E-state index < -0.39 is 17.4 Å². The van der Waals surface area contributed by atoms with E-state index in [9.17, 15) is 23.2 Å². The zero-order valence-electron chi connectivity index (χ0n) is 19.2. The Morgan fingerprint density at radius 2 is 1.74 bits per heavy atom. The van der Waals surface area contributed by atoms with Crippen LogP contribution in [0.5, 0.6) is 0 Å². The van der Waals surface area contributed by atoms with Gasteiger partial charge in [-0.1, -0.05) is 19.9 Å². The van der Waals surface area contributed by atoms with Gasteiger partial charge in [-0.15, -0.1) is 0 Å². The van der Waals surface area contributed by atoms with E-state index in [4.69, 9.17) is 0 Å². The Bertz CT molecular complexity index is 1310. The average molecular weight is 470 g/mol. The smallest absolute Gasteiger partial charge is 0.365 e. The average Bonchev–Trinajstić information content (AvgIpc) is 2.84. The van der Waals surface area contributed by atoms with E-state index in [0.29, 0.717) is 48.5 Å². The molecule has 3 aromatic rings. The van der Waals surface area contributed by atoms with Gasteiger partial charge in [0, 0.05) is 37.9 Å². The Kier molecular flexibility index (Phi) is 6.21. The molecule has 0 amide bonds. The van der Waals surface area contributed by atoms with Gasteiger partial charge >= 0.3 is 11.9 Å². The molecule has 10 heteroatoms. The fraction of sp³-hybridized carbons (Fsp3) is 0.417. The Labute approximate surface area is 195 Å². The fourth-order valence-electron chi connectivity index (χ4n) is 4.56. The number of piperazine rings is 1. The van der Waals surface area contributed by atoms with Crippen molar-refractivity contribution >= 4 is 22.5 Å². The van der Waals surface area contributed by atoms with Gasteiger partial charge in [-0.25, -0.2) is 9.78 Å². The maximum absolute atomic E-state index is 13.3. The first-order chi connectivity index (χ1) is 16.2. The van der Waals surface area contributed by atoms with E-state index in [1.807, 2.05) is 29.7 Å². The van der Waals surface area contributed by atoms with Crippen LogP contribution in [0, 0.1) is 11.3 Å². The van der Waals surface area contributed by atoms with Crippen LogP contribution < -0.4 is 15.5 Å². The molecule has 1 aromatic carbocycles. The van der Waals surface area contributed by atoms with Crippen LogP contribution in [0.1, 0.15) is 37.9 Å². The molecule has 0 spiro atoms. The van der Waals surface area contributed by atoms with Crippen LogP contribution in [0.25, 0.3) is 11.0 Å². The van der Waals surface area contributed by atoms with Crippen molar-refractivity contribution in [1.82, 2.24) is 14.5 Å². The van der Waals surface area contributed by atoms with Crippen LogP contribution in [0.15, 0.2) is 41.2 Å². The van der Waals surface area contributed by atoms with Crippen molar-refractivity contribution in [3.8, 4) is 6.07 Å². The lowest BCUT2D eigenvalue weighted by atomic mass is 10.0. The van der Waals surface area contributed by atoms with Gasteiger partial charge in [0.05, 0.1) is 11.1 Å². The summed E-state index contributed by atoms with van der Waals surface area (Å²) >= 11 is 0. The summed E-state index contributed by atoms with van der Waals surface area (Å²) in [7, 11) is 1.60. The lowest BCUT2D eigenvalue weighted by Gasteiger charge is -2.48. The van der Waals surface area contributed by atoms with E-state index in [1.54, 1.807) is 25.2 Å². The minimum Gasteiger partial charge on any atom is -0.365 e. The number of aryl methyl sites for hydroxylation is 1. The van der Waals surface area contributed by atoms with Gasteiger partial charge in [0.1, 0.15) is 17.3 Å². The monoisotopic (exact) mass is 470 g/mol. The molecule has 34 heavy (non-hydrogen) atoms. The van der Waals surface area contributed by atoms with Crippen LogP contribution in [-0.2, 0) is 13.2 Å². The van der Waals surface area contributed by atoms with Gasteiger partial charge in [0.2, 0.25) is 0 Å². The van der Waals surface area contributed by atoms with Crippen molar-refractivity contribution in [1.29, 1.82) is 5.26 Å². The van der Waals surface area contributed by atoms with Crippen LogP contribution in [0.4, 0.5) is 24.7 Å².